The minimum absolute atomic E-state index is 0.483. The van der Waals surface area contributed by atoms with Crippen LogP contribution in [0.15, 0.2) is 18.3 Å². The van der Waals surface area contributed by atoms with Crippen molar-refractivity contribution < 1.29 is 0 Å². The van der Waals surface area contributed by atoms with Crippen molar-refractivity contribution in [2.24, 2.45) is 0 Å². The smallest absolute Gasteiger partial charge is 0.0393 e. The first-order valence-corrected chi connectivity index (χ1v) is 3.87. The topological polar surface area (TPSA) is 24.9 Å². The normalized spacial score (nSPS) is 10.2. The molecule has 1 aromatic rings. The predicted molar refractivity (Wildman–Crippen MR) is 47.7 cm³/mol. The molecule has 0 radical (unpaired) electrons. The maximum absolute atomic E-state index is 4.11. The Morgan fingerprint density at radius 1 is 1.45 bits per heavy atom. The maximum atomic E-state index is 4.11. The van der Waals surface area contributed by atoms with Gasteiger partial charge >= 0.3 is 0 Å². The van der Waals surface area contributed by atoms with Gasteiger partial charge in [-0.25, -0.2) is 0 Å². The van der Waals surface area contributed by atoms with Crippen LogP contribution in [0.5, 0.6) is 0 Å². The number of aryl methyl sites for hydroxylation is 1. The number of hydrogen-bond donors (Lipinski definition) is 1. The summed E-state index contributed by atoms with van der Waals surface area (Å²) in [6.07, 6.45) is 1.82. The maximum Gasteiger partial charge on any atom is 0.0393 e. The lowest BCUT2D eigenvalue weighted by Crippen LogP contribution is -2.09. The van der Waals surface area contributed by atoms with E-state index < -0.39 is 0 Å². The molecule has 1 N–H and O–H groups in total. The fourth-order valence-electron chi connectivity index (χ4n) is 0.969. The second-order valence-corrected chi connectivity index (χ2v) is 2.98. The first-order chi connectivity index (χ1) is 5.18. The van der Waals surface area contributed by atoms with Gasteiger partial charge in [0.25, 0.3) is 0 Å². The van der Waals surface area contributed by atoms with Crippen LogP contribution in [0.1, 0.15) is 19.5 Å². The molecule has 0 saturated carbocycles. The zero-order valence-corrected chi connectivity index (χ0v) is 7.26. The van der Waals surface area contributed by atoms with Gasteiger partial charge in [0.15, 0.2) is 0 Å². The van der Waals surface area contributed by atoms with Crippen LogP contribution in [0.25, 0.3) is 0 Å². The fourth-order valence-corrected chi connectivity index (χ4v) is 0.969. The van der Waals surface area contributed by atoms with E-state index in [-0.39, 0.29) is 0 Å². The van der Waals surface area contributed by atoms with Crippen molar-refractivity contribution in [1.29, 1.82) is 0 Å². The summed E-state index contributed by atoms with van der Waals surface area (Å²) in [7, 11) is 0. The van der Waals surface area contributed by atoms with Crippen LogP contribution < -0.4 is 5.32 Å². The van der Waals surface area contributed by atoms with Gasteiger partial charge < -0.3 is 5.32 Å². The zero-order valence-electron chi connectivity index (χ0n) is 7.26. The Kier molecular flexibility index (Phi) is 2.47. The first-order valence-electron chi connectivity index (χ1n) is 3.87. The van der Waals surface area contributed by atoms with Crippen LogP contribution in [-0.2, 0) is 0 Å². The Morgan fingerprint density at radius 3 is 2.73 bits per heavy atom. The Bertz CT molecular complexity index is 231. The Hall–Kier alpha value is -1.05. The zero-order chi connectivity index (χ0) is 8.27. The molecule has 0 amide bonds. The van der Waals surface area contributed by atoms with E-state index in [2.05, 4.69) is 24.1 Å². The average Bonchev–Trinajstić information content (AvgIpc) is 1.85. The Balaban J connectivity index is 2.71. The van der Waals surface area contributed by atoms with Crippen molar-refractivity contribution in [3.8, 4) is 0 Å². The lowest BCUT2D eigenvalue weighted by molar-refractivity contribution is 0.898. The summed E-state index contributed by atoms with van der Waals surface area (Å²) in [4.78, 5) is 4.11. The van der Waals surface area contributed by atoms with E-state index in [1.165, 1.54) is 0 Å². The second kappa shape index (κ2) is 3.37. The highest BCUT2D eigenvalue weighted by molar-refractivity contribution is 5.43. The highest BCUT2D eigenvalue weighted by atomic mass is 14.9. The minimum Gasteiger partial charge on any atom is -0.383 e. The molecule has 0 spiro atoms. The molecular weight excluding hydrogens is 136 g/mol. The third-order valence-corrected chi connectivity index (χ3v) is 1.35. The summed E-state index contributed by atoms with van der Waals surface area (Å²) in [5.41, 5.74) is 2.20. The van der Waals surface area contributed by atoms with Crippen LogP contribution in [0.3, 0.4) is 0 Å². The molecule has 0 bridgehead atoms. The molecule has 2 nitrogen and oxygen atoms in total. The quantitative estimate of drug-likeness (QED) is 0.699. The van der Waals surface area contributed by atoms with Gasteiger partial charge in [0, 0.05) is 23.6 Å². The van der Waals surface area contributed by atoms with E-state index in [0.717, 1.165) is 11.4 Å². The number of aromatic nitrogens is 1. The summed E-state index contributed by atoms with van der Waals surface area (Å²) in [6.45, 7) is 6.23. The number of rotatable bonds is 2. The minimum atomic E-state index is 0.483. The molecule has 1 rings (SSSR count). The van der Waals surface area contributed by atoms with E-state index in [4.69, 9.17) is 0 Å². The van der Waals surface area contributed by atoms with Gasteiger partial charge in [0.1, 0.15) is 0 Å². The molecule has 0 aromatic carbocycles. The number of nitrogens with zero attached hydrogens (tertiary/aromatic N) is 1. The van der Waals surface area contributed by atoms with Crippen molar-refractivity contribution in [1.82, 2.24) is 4.98 Å². The van der Waals surface area contributed by atoms with E-state index in [9.17, 15) is 0 Å². The number of pyridine rings is 1. The van der Waals surface area contributed by atoms with Gasteiger partial charge in [0.05, 0.1) is 0 Å². The molecule has 0 aliphatic rings. The fraction of sp³-hybridized carbons (Fsp3) is 0.444. The van der Waals surface area contributed by atoms with Gasteiger partial charge in [-0.1, -0.05) is 0 Å². The molecule has 0 saturated heterocycles. The third-order valence-electron chi connectivity index (χ3n) is 1.35. The molecule has 0 atom stereocenters. The molecule has 0 aliphatic carbocycles. The molecule has 0 unspecified atom stereocenters. The molecule has 0 fully saturated rings. The first kappa shape index (κ1) is 8.05. The lowest BCUT2D eigenvalue weighted by Gasteiger charge is -2.09. The standard InChI is InChI=1S/C9H14N2/c1-7(2)11-9-4-5-10-8(3)6-9/h4-7H,1-3H3,(H,10,11). The van der Waals surface area contributed by atoms with Crippen LogP contribution >= 0.6 is 0 Å². The van der Waals surface area contributed by atoms with Crippen molar-refractivity contribution >= 4 is 5.69 Å². The van der Waals surface area contributed by atoms with Gasteiger partial charge in [0.2, 0.25) is 0 Å². The van der Waals surface area contributed by atoms with Crippen molar-refractivity contribution in [3.63, 3.8) is 0 Å². The molecular formula is C9H14N2. The SMILES string of the molecule is Cc1cc(NC(C)C)ccn1. The number of nitrogens with one attached hydrogen (secondary N) is 1. The number of hydrogen-bond acceptors (Lipinski definition) is 2. The molecule has 1 aromatic heterocycles. The number of anilines is 1. The largest absolute Gasteiger partial charge is 0.383 e. The van der Waals surface area contributed by atoms with Crippen molar-refractivity contribution in [2.75, 3.05) is 5.32 Å². The van der Waals surface area contributed by atoms with E-state index >= 15 is 0 Å². The van der Waals surface area contributed by atoms with Crippen LogP contribution in [0.2, 0.25) is 0 Å². The molecule has 2 heteroatoms. The summed E-state index contributed by atoms with van der Waals surface area (Å²) in [5, 5.41) is 3.31. The van der Waals surface area contributed by atoms with Crippen molar-refractivity contribution in [2.45, 2.75) is 26.8 Å². The van der Waals surface area contributed by atoms with Gasteiger partial charge in [-0.05, 0) is 32.9 Å². The average molecular weight is 150 g/mol. The Morgan fingerprint density at radius 2 is 2.18 bits per heavy atom. The van der Waals surface area contributed by atoms with Crippen LogP contribution in [0.4, 0.5) is 5.69 Å². The molecule has 0 aliphatic heterocycles. The van der Waals surface area contributed by atoms with Gasteiger partial charge in [-0.2, -0.15) is 0 Å². The summed E-state index contributed by atoms with van der Waals surface area (Å²) in [6, 6.07) is 4.50. The van der Waals surface area contributed by atoms with Crippen molar-refractivity contribution in [3.05, 3.63) is 24.0 Å². The predicted octanol–water partition coefficient (Wildman–Crippen LogP) is 2.21. The summed E-state index contributed by atoms with van der Waals surface area (Å²) >= 11 is 0. The molecule has 1 heterocycles. The van der Waals surface area contributed by atoms with E-state index in [1.54, 1.807) is 0 Å². The van der Waals surface area contributed by atoms with Gasteiger partial charge in [-0.3, -0.25) is 4.98 Å². The second-order valence-electron chi connectivity index (χ2n) is 2.98. The van der Waals surface area contributed by atoms with E-state index in [1.807, 2.05) is 25.3 Å². The van der Waals surface area contributed by atoms with Gasteiger partial charge in [-0.15, -0.1) is 0 Å². The lowest BCUT2D eigenvalue weighted by atomic mass is 10.3. The summed E-state index contributed by atoms with van der Waals surface area (Å²) in [5.74, 6) is 0. The Labute approximate surface area is 67.7 Å². The van der Waals surface area contributed by atoms with Crippen LogP contribution in [-0.4, -0.2) is 11.0 Å². The highest BCUT2D eigenvalue weighted by Gasteiger charge is 1.94. The molecule has 60 valence electrons. The summed E-state index contributed by atoms with van der Waals surface area (Å²) < 4.78 is 0. The third kappa shape index (κ3) is 2.58. The monoisotopic (exact) mass is 150 g/mol. The highest BCUT2D eigenvalue weighted by Crippen LogP contribution is 2.07. The van der Waals surface area contributed by atoms with E-state index in [0.29, 0.717) is 6.04 Å². The van der Waals surface area contributed by atoms with Crippen LogP contribution in [0, 0.1) is 6.92 Å². The molecule has 11 heavy (non-hydrogen) atoms.